The van der Waals surface area contributed by atoms with Crippen LogP contribution >= 0.6 is 24.0 Å². The van der Waals surface area contributed by atoms with Crippen molar-refractivity contribution in [3.05, 3.63) is 40.8 Å². The standard InChI is InChI=1S/C18H24N4O3.HI/c1-12-15(13(2)25-22-12)11-21-18(19-3)20-7-6-14-4-5-16-17(10-14)24-9-8-23-16;/h4-5,10H,6-9,11H2,1-3H3,(H2,19,20,21);1H. The van der Waals surface area contributed by atoms with Crippen LogP contribution in [0.1, 0.15) is 22.6 Å². The zero-order valence-electron chi connectivity index (χ0n) is 15.3. The molecule has 142 valence electrons. The average molecular weight is 472 g/mol. The molecule has 2 heterocycles. The molecule has 26 heavy (non-hydrogen) atoms. The molecule has 0 aliphatic carbocycles. The van der Waals surface area contributed by atoms with E-state index >= 15 is 0 Å². The van der Waals surface area contributed by atoms with Crippen LogP contribution in [0.4, 0.5) is 0 Å². The lowest BCUT2D eigenvalue weighted by atomic mass is 10.1. The lowest BCUT2D eigenvalue weighted by Gasteiger charge is -2.19. The third-order valence-electron chi connectivity index (χ3n) is 4.15. The first kappa shape index (κ1) is 20.3. The summed E-state index contributed by atoms with van der Waals surface area (Å²) in [6.45, 7) is 6.46. The van der Waals surface area contributed by atoms with Crippen molar-refractivity contribution in [1.82, 2.24) is 15.8 Å². The summed E-state index contributed by atoms with van der Waals surface area (Å²) in [6, 6.07) is 6.07. The van der Waals surface area contributed by atoms with E-state index in [2.05, 4.69) is 26.8 Å². The highest BCUT2D eigenvalue weighted by Crippen LogP contribution is 2.30. The molecular formula is C18H25IN4O3. The summed E-state index contributed by atoms with van der Waals surface area (Å²) in [6.07, 6.45) is 0.864. The van der Waals surface area contributed by atoms with Gasteiger partial charge in [0.05, 0.1) is 5.69 Å². The van der Waals surface area contributed by atoms with Crippen molar-refractivity contribution < 1.29 is 14.0 Å². The van der Waals surface area contributed by atoms with E-state index in [1.165, 1.54) is 5.56 Å². The highest BCUT2D eigenvalue weighted by molar-refractivity contribution is 14.0. The molecule has 0 radical (unpaired) electrons. The van der Waals surface area contributed by atoms with Gasteiger partial charge in [0, 0.05) is 25.7 Å². The molecule has 1 aromatic carbocycles. The summed E-state index contributed by atoms with van der Waals surface area (Å²) in [5, 5.41) is 10.6. The highest BCUT2D eigenvalue weighted by Gasteiger charge is 2.12. The second-order valence-corrected chi connectivity index (χ2v) is 5.88. The first-order valence-corrected chi connectivity index (χ1v) is 8.42. The van der Waals surface area contributed by atoms with Gasteiger partial charge < -0.3 is 24.6 Å². The maximum atomic E-state index is 5.62. The minimum atomic E-state index is 0. The Hall–Kier alpha value is -1.97. The number of ether oxygens (including phenoxy) is 2. The summed E-state index contributed by atoms with van der Waals surface area (Å²) in [5.41, 5.74) is 3.16. The van der Waals surface area contributed by atoms with Crippen molar-refractivity contribution in [1.29, 1.82) is 0 Å². The fourth-order valence-electron chi connectivity index (χ4n) is 2.72. The smallest absolute Gasteiger partial charge is 0.191 e. The predicted octanol–water partition coefficient (Wildman–Crippen LogP) is 2.59. The van der Waals surface area contributed by atoms with E-state index in [1.807, 2.05) is 26.0 Å². The number of nitrogens with one attached hydrogen (secondary N) is 2. The molecule has 0 saturated heterocycles. The summed E-state index contributed by atoms with van der Waals surface area (Å²) in [4.78, 5) is 4.25. The Morgan fingerprint density at radius 1 is 1.15 bits per heavy atom. The molecule has 0 bridgehead atoms. The molecule has 7 nitrogen and oxygen atoms in total. The topological polar surface area (TPSA) is 80.9 Å². The van der Waals surface area contributed by atoms with E-state index in [9.17, 15) is 0 Å². The Kier molecular flexibility index (Phi) is 7.55. The van der Waals surface area contributed by atoms with Crippen LogP contribution in [0.5, 0.6) is 11.5 Å². The van der Waals surface area contributed by atoms with Gasteiger partial charge in [-0.15, -0.1) is 24.0 Å². The van der Waals surface area contributed by atoms with Crippen molar-refractivity contribution in [2.24, 2.45) is 4.99 Å². The predicted molar refractivity (Wildman–Crippen MR) is 111 cm³/mol. The lowest BCUT2D eigenvalue weighted by Crippen LogP contribution is -2.38. The molecule has 1 aliphatic heterocycles. The molecule has 0 spiro atoms. The highest BCUT2D eigenvalue weighted by atomic mass is 127. The van der Waals surface area contributed by atoms with Crippen LogP contribution in [-0.2, 0) is 13.0 Å². The maximum absolute atomic E-state index is 5.62. The summed E-state index contributed by atoms with van der Waals surface area (Å²) in [7, 11) is 1.76. The minimum absolute atomic E-state index is 0. The van der Waals surface area contributed by atoms with Crippen LogP contribution in [0.25, 0.3) is 0 Å². The largest absolute Gasteiger partial charge is 0.486 e. The molecule has 0 amide bonds. The van der Waals surface area contributed by atoms with Crippen LogP contribution < -0.4 is 20.1 Å². The van der Waals surface area contributed by atoms with Gasteiger partial charge in [-0.25, -0.2) is 0 Å². The van der Waals surface area contributed by atoms with Crippen molar-refractivity contribution in [2.45, 2.75) is 26.8 Å². The number of fused-ring (bicyclic) bond motifs is 1. The average Bonchev–Trinajstić information content (AvgIpc) is 2.96. The fraction of sp³-hybridized carbons (Fsp3) is 0.444. The lowest BCUT2D eigenvalue weighted by molar-refractivity contribution is 0.171. The van der Waals surface area contributed by atoms with Gasteiger partial charge in [0.2, 0.25) is 0 Å². The number of benzene rings is 1. The number of nitrogens with zero attached hydrogens (tertiary/aromatic N) is 2. The van der Waals surface area contributed by atoms with E-state index < -0.39 is 0 Å². The maximum Gasteiger partial charge on any atom is 0.191 e. The van der Waals surface area contributed by atoms with Gasteiger partial charge in [0.15, 0.2) is 17.5 Å². The number of halogens is 1. The first-order chi connectivity index (χ1) is 12.2. The Morgan fingerprint density at radius 3 is 2.62 bits per heavy atom. The molecular weight excluding hydrogens is 447 g/mol. The third-order valence-corrected chi connectivity index (χ3v) is 4.15. The normalized spacial score (nSPS) is 13.1. The Balaban J connectivity index is 0.00000243. The number of aliphatic imine (C=N–C) groups is 1. The molecule has 2 aromatic rings. The van der Waals surface area contributed by atoms with Crippen LogP contribution in [0.2, 0.25) is 0 Å². The van der Waals surface area contributed by atoms with Gasteiger partial charge in [-0.1, -0.05) is 11.2 Å². The quantitative estimate of drug-likeness (QED) is 0.396. The number of aryl methyl sites for hydroxylation is 2. The van der Waals surface area contributed by atoms with Gasteiger partial charge in [0.1, 0.15) is 19.0 Å². The number of hydrogen-bond acceptors (Lipinski definition) is 5. The van der Waals surface area contributed by atoms with Crippen LogP contribution in [0.3, 0.4) is 0 Å². The summed E-state index contributed by atoms with van der Waals surface area (Å²) < 4.78 is 16.3. The molecule has 1 aromatic heterocycles. The van der Waals surface area contributed by atoms with E-state index in [4.69, 9.17) is 14.0 Å². The van der Waals surface area contributed by atoms with Gasteiger partial charge in [-0.05, 0) is 38.0 Å². The Labute approximate surface area is 170 Å². The number of aromatic nitrogens is 1. The molecule has 2 N–H and O–H groups in total. The van der Waals surface area contributed by atoms with Crippen LogP contribution in [0, 0.1) is 13.8 Å². The fourth-order valence-corrected chi connectivity index (χ4v) is 2.72. The van der Waals surface area contributed by atoms with Crippen molar-refractivity contribution >= 4 is 29.9 Å². The second kappa shape index (κ2) is 9.65. The van der Waals surface area contributed by atoms with Crippen LogP contribution in [-0.4, -0.2) is 37.9 Å². The van der Waals surface area contributed by atoms with E-state index in [1.54, 1.807) is 7.05 Å². The molecule has 1 aliphatic rings. The van der Waals surface area contributed by atoms with Gasteiger partial charge in [-0.2, -0.15) is 0 Å². The molecule has 0 saturated carbocycles. The van der Waals surface area contributed by atoms with Gasteiger partial charge in [-0.3, -0.25) is 4.99 Å². The second-order valence-electron chi connectivity index (χ2n) is 5.88. The molecule has 3 rings (SSSR count). The Morgan fingerprint density at radius 2 is 1.92 bits per heavy atom. The van der Waals surface area contributed by atoms with E-state index in [0.29, 0.717) is 19.8 Å². The molecule has 8 heteroatoms. The van der Waals surface area contributed by atoms with E-state index in [-0.39, 0.29) is 24.0 Å². The SMILES string of the molecule is CN=C(NCCc1ccc2c(c1)OCCO2)NCc1c(C)noc1C.I. The molecule has 0 unspecified atom stereocenters. The van der Waals surface area contributed by atoms with E-state index in [0.717, 1.165) is 47.4 Å². The Bertz CT molecular complexity index is 741. The zero-order valence-corrected chi connectivity index (χ0v) is 17.6. The monoisotopic (exact) mass is 472 g/mol. The van der Waals surface area contributed by atoms with Gasteiger partial charge in [0.25, 0.3) is 0 Å². The summed E-state index contributed by atoms with van der Waals surface area (Å²) in [5.74, 6) is 3.22. The first-order valence-electron chi connectivity index (χ1n) is 8.42. The minimum Gasteiger partial charge on any atom is -0.486 e. The number of guanidine groups is 1. The van der Waals surface area contributed by atoms with Crippen molar-refractivity contribution in [3.63, 3.8) is 0 Å². The van der Waals surface area contributed by atoms with Crippen LogP contribution in [0.15, 0.2) is 27.7 Å². The van der Waals surface area contributed by atoms with Gasteiger partial charge >= 0.3 is 0 Å². The third kappa shape index (κ3) is 5.03. The van der Waals surface area contributed by atoms with Crippen molar-refractivity contribution in [2.75, 3.05) is 26.8 Å². The van der Waals surface area contributed by atoms with Crippen molar-refractivity contribution in [3.8, 4) is 11.5 Å². The zero-order chi connectivity index (χ0) is 17.6. The summed E-state index contributed by atoms with van der Waals surface area (Å²) >= 11 is 0. The number of rotatable bonds is 5. The molecule has 0 atom stereocenters. The number of hydrogen-bond donors (Lipinski definition) is 2. The molecule has 0 fully saturated rings.